The first-order valence-corrected chi connectivity index (χ1v) is 7.20. The summed E-state index contributed by atoms with van der Waals surface area (Å²) < 4.78 is 0. The maximum Gasteiger partial charge on any atom is 0.177 e. The molecular formula is C17H25NO. The van der Waals surface area contributed by atoms with E-state index < -0.39 is 0 Å². The molecule has 0 N–H and O–H groups in total. The molecule has 0 aromatic heterocycles. The molecule has 1 heterocycles. The Labute approximate surface area is 116 Å². The average molecular weight is 259 g/mol. The Morgan fingerprint density at radius 3 is 2.47 bits per heavy atom. The van der Waals surface area contributed by atoms with Gasteiger partial charge in [0.05, 0.1) is 6.54 Å². The van der Waals surface area contributed by atoms with Gasteiger partial charge < -0.3 is 0 Å². The maximum absolute atomic E-state index is 12.4. The summed E-state index contributed by atoms with van der Waals surface area (Å²) in [6.45, 7) is 11.4. The Balaban J connectivity index is 2.00. The Hall–Kier alpha value is -1.15. The van der Waals surface area contributed by atoms with Gasteiger partial charge >= 0.3 is 0 Å². The van der Waals surface area contributed by atoms with Crippen LogP contribution in [-0.2, 0) is 0 Å². The van der Waals surface area contributed by atoms with E-state index >= 15 is 0 Å². The second kappa shape index (κ2) is 5.46. The van der Waals surface area contributed by atoms with Crippen LogP contribution in [0.2, 0.25) is 0 Å². The highest BCUT2D eigenvalue weighted by atomic mass is 16.1. The molecule has 1 aromatic rings. The van der Waals surface area contributed by atoms with Crippen LogP contribution in [0.25, 0.3) is 0 Å². The van der Waals surface area contributed by atoms with E-state index in [4.69, 9.17) is 0 Å². The fourth-order valence-electron chi connectivity index (χ4n) is 2.64. The highest BCUT2D eigenvalue weighted by Crippen LogP contribution is 2.29. The highest BCUT2D eigenvalue weighted by molar-refractivity contribution is 5.99. The summed E-state index contributed by atoms with van der Waals surface area (Å²) in [5, 5.41) is 0. The van der Waals surface area contributed by atoms with Crippen LogP contribution >= 0.6 is 0 Å². The second-order valence-electron chi connectivity index (χ2n) is 6.68. The van der Waals surface area contributed by atoms with E-state index in [0.717, 1.165) is 29.8 Å². The molecule has 0 bridgehead atoms. The van der Waals surface area contributed by atoms with Gasteiger partial charge in [-0.25, -0.2) is 0 Å². The third-order valence-electron chi connectivity index (χ3n) is 4.27. The smallest absolute Gasteiger partial charge is 0.177 e. The summed E-state index contributed by atoms with van der Waals surface area (Å²) >= 11 is 0. The van der Waals surface area contributed by atoms with E-state index in [9.17, 15) is 4.79 Å². The number of ketones is 1. The summed E-state index contributed by atoms with van der Waals surface area (Å²) in [4.78, 5) is 14.7. The predicted molar refractivity (Wildman–Crippen MR) is 79.7 cm³/mol. The van der Waals surface area contributed by atoms with Crippen LogP contribution in [0, 0.1) is 19.3 Å². The molecule has 0 unspecified atom stereocenters. The average Bonchev–Trinajstić information content (AvgIpc) is 2.35. The Morgan fingerprint density at radius 2 is 1.84 bits per heavy atom. The van der Waals surface area contributed by atoms with Crippen LogP contribution in [0.1, 0.15) is 48.2 Å². The molecule has 0 atom stereocenters. The summed E-state index contributed by atoms with van der Waals surface area (Å²) in [6, 6.07) is 6.13. The van der Waals surface area contributed by atoms with Crippen molar-refractivity contribution in [2.45, 2.75) is 40.5 Å². The first-order chi connectivity index (χ1) is 8.87. The first-order valence-electron chi connectivity index (χ1n) is 7.20. The zero-order valence-corrected chi connectivity index (χ0v) is 12.6. The van der Waals surface area contributed by atoms with Gasteiger partial charge in [0.25, 0.3) is 0 Å². The molecule has 0 saturated carbocycles. The topological polar surface area (TPSA) is 20.3 Å². The van der Waals surface area contributed by atoms with Crippen molar-refractivity contribution < 1.29 is 4.79 Å². The standard InChI is InChI=1S/C17H25NO/c1-13-5-6-14(2)15(11-13)16(19)12-18-9-7-17(3,4)8-10-18/h5-6,11H,7-10,12H2,1-4H3. The minimum Gasteiger partial charge on any atom is -0.296 e. The van der Waals surface area contributed by atoms with E-state index in [1.54, 1.807) is 0 Å². The number of Topliss-reactive ketones (excluding diaryl/α,β-unsaturated/α-hetero) is 1. The first kappa shape index (κ1) is 14.3. The summed E-state index contributed by atoms with van der Waals surface area (Å²) in [7, 11) is 0. The number of hydrogen-bond acceptors (Lipinski definition) is 2. The van der Waals surface area contributed by atoms with Crippen LogP contribution in [0.5, 0.6) is 0 Å². The monoisotopic (exact) mass is 259 g/mol. The lowest BCUT2D eigenvalue weighted by atomic mass is 9.82. The normalized spacial score (nSPS) is 19.4. The van der Waals surface area contributed by atoms with Crippen molar-refractivity contribution in [1.82, 2.24) is 4.90 Å². The number of rotatable bonds is 3. The Bertz CT molecular complexity index is 466. The third-order valence-corrected chi connectivity index (χ3v) is 4.27. The molecule has 2 nitrogen and oxygen atoms in total. The number of carbonyl (C=O) groups is 1. The summed E-state index contributed by atoms with van der Waals surface area (Å²) in [5.74, 6) is 0.265. The molecule has 1 aliphatic rings. The van der Waals surface area contributed by atoms with Crippen molar-refractivity contribution in [3.05, 3.63) is 34.9 Å². The lowest BCUT2D eigenvalue weighted by molar-refractivity contribution is 0.0845. The van der Waals surface area contributed by atoms with Gasteiger partial charge in [0, 0.05) is 5.56 Å². The quantitative estimate of drug-likeness (QED) is 0.773. The molecule has 0 radical (unpaired) electrons. The molecule has 1 fully saturated rings. The van der Waals surface area contributed by atoms with Crippen molar-refractivity contribution in [1.29, 1.82) is 0 Å². The lowest BCUT2D eigenvalue weighted by Crippen LogP contribution is -2.40. The van der Waals surface area contributed by atoms with Gasteiger partial charge in [-0.05, 0) is 56.8 Å². The molecule has 0 spiro atoms. The largest absolute Gasteiger partial charge is 0.296 e. The number of benzene rings is 1. The molecule has 1 saturated heterocycles. The maximum atomic E-state index is 12.4. The van der Waals surface area contributed by atoms with Gasteiger partial charge in [0.1, 0.15) is 0 Å². The Morgan fingerprint density at radius 1 is 1.21 bits per heavy atom. The molecule has 2 heteroatoms. The van der Waals surface area contributed by atoms with E-state index in [1.807, 2.05) is 26.0 Å². The van der Waals surface area contributed by atoms with E-state index in [1.165, 1.54) is 12.8 Å². The van der Waals surface area contributed by atoms with Crippen molar-refractivity contribution in [2.75, 3.05) is 19.6 Å². The number of hydrogen-bond donors (Lipinski definition) is 0. The van der Waals surface area contributed by atoms with Crippen molar-refractivity contribution >= 4 is 5.78 Å². The van der Waals surface area contributed by atoms with Crippen LogP contribution in [0.4, 0.5) is 0 Å². The fourth-order valence-corrected chi connectivity index (χ4v) is 2.64. The van der Waals surface area contributed by atoms with Crippen LogP contribution < -0.4 is 0 Å². The van der Waals surface area contributed by atoms with Gasteiger partial charge in [-0.15, -0.1) is 0 Å². The number of nitrogens with zero attached hydrogens (tertiary/aromatic N) is 1. The third kappa shape index (κ3) is 3.66. The van der Waals surface area contributed by atoms with Crippen LogP contribution in [0.3, 0.4) is 0 Å². The number of likely N-dealkylation sites (tertiary alicyclic amines) is 1. The van der Waals surface area contributed by atoms with Gasteiger partial charge in [0.2, 0.25) is 0 Å². The summed E-state index contributed by atoms with van der Waals surface area (Å²) in [6.07, 6.45) is 2.38. The van der Waals surface area contributed by atoms with Gasteiger partial charge in [-0.2, -0.15) is 0 Å². The van der Waals surface area contributed by atoms with Gasteiger partial charge in [0.15, 0.2) is 5.78 Å². The Kier molecular flexibility index (Phi) is 4.10. The zero-order chi connectivity index (χ0) is 14.0. The number of carbonyl (C=O) groups excluding carboxylic acids is 1. The second-order valence-corrected chi connectivity index (χ2v) is 6.68. The van der Waals surface area contributed by atoms with Crippen molar-refractivity contribution in [2.24, 2.45) is 5.41 Å². The molecule has 19 heavy (non-hydrogen) atoms. The van der Waals surface area contributed by atoms with Crippen LogP contribution in [0.15, 0.2) is 18.2 Å². The molecular weight excluding hydrogens is 234 g/mol. The zero-order valence-electron chi connectivity index (χ0n) is 12.6. The molecule has 1 aliphatic heterocycles. The minimum absolute atomic E-state index is 0.265. The lowest BCUT2D eigenvalue weighted by Gasteiger charge is -2.36. The molecule has 0 amide bonds. The minimum atomic E-state index is 0.265. The van der Waals surface area contributed by atoms with Crippen LogP contribution in [-0.4, -0.2) is 30.3 Å². The van der Waals surface area contributed by atoms with E-state index in [-0.39, 0.29) is 5.78 Å². The molecule has 2 rings (SSSR count). The van der Waals surface area contributed by atoms with Crippen molar-refractivity contribution in [3.8, 4) is 0 Å². The molecule has 0 aliphatic carbocycles. The molecule has 104 valence electrons. The van der Waals surface area contributed by atoms with Gasteiger partial charge in [-0.3, -0.25) is 9.69 Å². The van der Waals surface area contributed by atoms with E-state index in [2.05, 4.69) is 24.8 Å². The van der Waals surface area contributed by atoms with E-state index in [0.29, 0.717) is 12.0 Å². The molecule has 1 aromatic carbocycles. The van der Waals surface area contributed by atoms with Gasteiger partial charge in [-0.1, -0.05) is 31.5 Å². The predicted octanol–water partition coefficient (Wildman–Crippen LogP) is 3.61. The number of aryl methyl sites for hydroxylation is 2. The van der Waals surface area contributed by atoms with Crippen molar-refractivity contribution in [3.63, 3.8) is 0 Å². The number of piperidine rings is 1. The fraction of sp³-hybridized carbons (Fsp3) is 0.588. The summed E-state index contributed by atoms with van der Waals surface area (Å²) in [5.41, 5.74) is 3.59. The highest BCUT2D eigenvalue weighted by Gasteiger charge is 2.26. The SMILES string of the molecule is Cc1ccc(C)c(C(=O)CN2CCC(C)(C)CC2)c1.